The first-order chi connectivity index (χ1) is 20.9. The summed E-state index contributed by atoms with van der Waals surface area (Å²) in [5.41, 5.74) is 3.26. The van der Waals surface area contributed by atoms with Gasteiger partial charge in [-0.2, -0.15) is 0 Å². The van der Waals surface area contributed by atoms with Gasteiger partial charge in [0.2, 0.25) is 5.91 Å². The fourth-order valence-electron chi connectivity index (χ4n) is 6.26. The highest BCUT2D eigenvalue weighted by atomic mass is 16.5. The van der Waals surface area contributed by atoms with Crippen LogP contribution in [0.25, 0.3) is 11.3 Å². The molecule has 1 aliphatic carbocycles. The molecule has 1 aromatic heterocycles. The molecule has 1 N–H and O–H groups in total. The molecule has 2 amide bonds. The SMILES string of the molecule is CC(C)(Oc1cccc(N2CCCC(C(=O)N(Cc3ccc(-c4ccccn4)cc3)C3CC3)C2)c1)C(=O)N1CCNCC1. The minimum atomic E-state index is -0.961. The van der Waals surface area contributed by atoms with Crippen molar-refractivity contribution in [3.63, 3.8) is 0 Å². The summed E-state index contributed by atoms with van der Waals surface area (Å²) < 4.78 is 6.29. The molecule has 0 bridgehead atoms. The van der Waals surface area contributed by atoms with Gasteiger partial charge in [0.1, 0.15) is 5.75 Å². The van der Waals surface area contributed by atoms with Crippen LogP contribution in [0.4, 0.5) is 5.69 Å². The first kappa shape index (κ1) is 29.2. The molecule has 8 nitrogen and oxygen atoms in total. The molecule has 2 aliphatic heterocycles. The summed E-state index contributed by atoms with van der Waals surface area (Å²) in [7, 11) is 0. The number of anilines is 1. The van der Waals surface area contributed by atoms with Crippen molar-refractivity contribution < 1.29 is 14.3 Å². The Labute approximate surface area is 255 Å². The average Bonchev–Trinajstić information content (AvgIpc) is 3.90. The molecule has 43 heavy (non-hydrogen) atoms. The Hall–Kier alpha value is -3.91. The number of amides is 2. The van der Waals surface area contributed by atoms with E-state index in [0.29, 0.717) is 38.0 Å². The van der Waals surface area contributed by atoms with E-state index in [0.717, 1.165) is 67.8 Å². The highest BCUT2D eigenvalue weighted by molar-refractivity contribution is 5.85. The van der Waals surface area contributed by atoms with E-state index in [1.807, 2.05) is 61.3 Å². The van der Waals surface area contributed by atoms with Crippen molar-refractivity contribution >= 4 is 17.5 Å². The molecule has 8 heteroatoms. The van der Waals surface area contributed by atoms with Crippen LogP contribution in [-0.2, 0) is 16.1 Å². The lowest BCUT2D eigenvalue weighted by Crippen LogP contribution is -2.54. The maximum atomic E-state index is 13.9. The Balaban J connectivity index is 1.10. The van der Waals surface area contributed by atoms with Crippen molar-refractivity contribution in [1.82, 2.24) is 20.1 Å². The molecule has 6 rings (SSSR count). The number of carbonyl (C=O) groups excluding carboxylic acids is 2. The number of rotatable bonds is 9. The molecule has 1 unspecified atom stereocenters. The molecular weight excluding hydrogens is 538 g/mol. The van der Waals surface area contributed by atoms with Gasteiger partial charge in [0.25, 0.3) is 5.91 Å². The lowest BCUT2D eigenvalue weighted by Gasteiger charge is -2.37. The van der Waals surface area contributed by atoms with Gasteiger partial charge in [0, 0.05) is 75.4 Å². The lowest BCUT2D eigenvalue weighted by molar-refractivity contribution is -0.146. The Morgan fingerprint density at radius 2 is 1.77 bits per heavy atom. The second-order valence-electron chi connectivity index (χ2n) is 12.5. The largest absolute Gasteiger partial charge is 0.478 e. The molecule has 3 fully saturated rings. The van der Waals surface area contributed by atoms with Crippen LogP contribution in [0, 0.1) is 5.92 Å². The van der Waals surface area contributed by atoms with Crippen molar-refractivity contribution in [2.24, 2.45) is 5.92 Å². The van der Waals surface area contributed by atoms with Crippen molar-refractivity contribution in [3.8, 4) is 17.0 Å². The van der Waals surface area contributed by atoms with Crippen LogP contribution in [0.1, 0.15) is 45.1 Å². The predicted octanol–water partition coefficient (Wildman–Crippen LogP) is 4.75. The minimum Gasteiger partial charge on any atom is -0.478 e. The number of piperidine rings is 1. The highest BCUT2D eigenvalue weighted by Crippen LogP contribution is 2.34. The zero-order valence-electron chi connectivity index (χ0n) is 25.4. The van der Waals surface area contributed by atoms with Gasteiger partial charge in [-0.05, 0) is 69.4 Å². The van der Waals surface area contributed by atoms with E-state index in [-0.39, 0.29) is 17.7 Å². The normalized spacial score (nSPS) is 19.2. The fourth-order valence-corrected chi connectivity index (χ4v) is 6.26. The molecule has 2 aromatic carbocycles. The van der Waals surface area contributed by atoms with Crippen LogP contribution in [0.3, 0.4) is 0 Å². The van der Waals surface area contributed by atoms with Gasteiger partial charge in [-0.3, -0.25) is 14.6 Å². The summed E-state index contributed by atoms with van der Waals surface area (Å²) in [6, 6.07) is 22.7. The van der Waals surface area contributed by atoms with Gasteiger partial charge < -0.3 is 24.8 Å². The zero-order chi connectivity index (χ0) is 29.8. The number of aromatic nitrogens is 1. The van der Waals surface area contributed by atoms with Gasteiger partial charge in [0.05, 0.1) is 11.6 Å². The number of hydrogen-bond acceptors (Lipinski definition) is 6. The first-order valence-electron chi connectivity index (χ1n) is 15.7. The van der Waals surface area contributed by atoms with Crippen molar-refractivity contribution in [1.29, 1.82) is 0 Å². The quantitative estimate of drug-likeness (QED) is 0.393. The molecule has 226 valence electrons. The molecule has 3 heterocycles. The first-order valence-corrected chi connectivity index (χ1v) is 15.7. The number of ether oxygens (including phenoxy) is 1. The molecule has 1 atom stereocenters. The number of nitrogens with one attached hydrogen (secondary N) is 1. The summed E-state index contributed by atoms with van der Waals surface area (Å²) in [6.07, 6.45) is 5.83. The van der Waals surface area contributed by atoms with Gasteiger partial charge in [-0.1, -0.05) is 36.4 Å². The summed E-state index contributed by atoms with van der Waals surface area (Å²) >= 11 is 0. The van der Waals surface area contributed by atoms with Gasteiger partial charge in [-0.15, -0.1) is 0 Å². The third-order valence-electron chi connectivity index (χ3n) is 8.78. The Morgan fingerprint density at radius 1 is 0.977 bits per heavy atom. The van der Waals surface area contributed by atoms with Gasteiger partial charge in [0.15, 0.2) is 5.60 Å². The molecule has 1 saturated carbocycles. The summed E-state index contributed by atoms with van der Waals surface area (Å²) in [5.74, 6) is 0.899. The van der Waals surface area contributed by atoms with Gasteiger partial charge in [-0.25, -0.2) is 0 Å². The van der Waals surface area contributed by atoms with E-state index in [9.17, 15) is 9.59 Å². The predicted molar refractivity (Wildman–Crippen MR) is 169 cm³/mol. The lowest BCUT2D eigenvalue weighted by atomic mass is 9.95. The monoisotopic (exact) mass is 581 g/mol. The van der Waals surface area contributed by atoms with Gasteiger partial charge >= 0.3 is 0 Å². The third-order valence-corrected chi connectivity index (χ3v) is 8.78. The standard InChI is InChI=1S/C35H43N5O3/c1-35(2,34(42)38-21-18-36-19-22-38)43-31-9-5-8-30(23-31)39-20-6-7-28(25-39)33(41)40(29-15-16-29)24-26-11-13-27(14-12-26)32-10-3-4-17-37-32/h3-5,8-14,17,23,28-29,36H,6-7,15-16,18-22,24-25H2,1-2H3. The Kier molecular flexibility index (Phi) is 8.66. The molecule has 0 spiro atoms. The van der Waals surface area contributed by atoms with E-state index in [2.05, 4.69) is 50.4 Å². The summed E-state index contributed by atoms with van der Waals surface area (Å²) in [4.78, 5) is 37.9. The number of piperazine rings is 1. The van der Waals surface area contributed by atoms with Crippen LogP contribution < -0.4 is 15.0 Å². The molecule has 2 saturated heterocycles. The summed E-state index contributed by atoms with van der Waals surface area (Å²) in [6.45, 7) is 8.93. The van der Waals surface area contributed by atoms with E-state index in [1.165, 1.54) is 0 Å². The average molecular weight is 582 g/mol. The van der Waals surface area contributed by atoms with E-state index in [4.69, 9.17) is 4.74 Å². The molecule has 0 radical (unpaired) electrons. The van der Waals surface area contributed by atoms with Crippen molar-refractivity contribution in [2.75, 3.05) is 44.2 Å². The van der Waals surface area contributed by atoms with E-state index in [1.54, 1.807) is 0 Å². The fraction of sp³-hybridized carbons (Fsp3) is 0.457. The summed E-state index contributed by atoms with van der Waals surface area (Å²) in [5, 5.41) is 3.29. The van der Waals surface area contributed by atoms with Crippen molar-refractivity contribution in [2.45, 2.75) is 57.7 Å². The number of hydrogen-bond donors (Lipinski definition) is 1. The van der Waals surface area contributed by atoms with Crippen LogP contribution in [-0.4, -0.2) is 77.5 Å². The second-order valence-corrected chi connectivity index (χ2v) is 12.5. The Bertz CT molecular complexity index is 1400. The topological polar surface area (TPSA) is 78.0 Å². The number of benzene rings is 2. The maximum Gasteiger partial charge on any atom is 0.266 e. The highest BCUT2D eigenvalue weighted by Gasteiger charge is 2.38. The molecule has 3 aliphatic rings. The van der Waals surface area contributed by atoms with E-state index < -0.39 is 5.60 Å². The minimum absolute atomic E-state index is 0.00887. The number of carbonyl (C=O) groups is 2. The van der Waals surface area contributed by atoms with Crippen LogP contribution in [0.5, 0.6) is 5.75 Å². The Morgan fingerprint density at radius 3 is 2.49 bits per heavy atom. The number of pyridine rings is 1. The number of nitrogens with zero attached hydrogens (tertiary/aromatic N) is 4. The van der Waals surface area contributed by atoms with E-state index >= 15 is 0 Å². The zero-order valence-corrected chi connectivity index (χ0v) is 25.4. The van der Waals surface area contributed by atoms with Crippen molar-refractivity contribution in [3.05, 3.63) is 78.5 Å². The second kappa shape index (κ2) is 12.8. The van der Waals surface area contributed by atoms with Crippen LogP contribution in [0.2, 0.25) is 0 Å². The molecule has 3 aromatic rings. The molecular formula is C35H43N5O3. The maximum absolute atomic E-state index is 13.9. The van der Waals surface area contributed by atoms with Crippen LogP contribution >= 0.6 is 0 Å². The smallest absolute Gasteiger partial charge is 0.266 e. The third kappa shape index (κ3) is 7.02. The van der Waals surface area contributed by atoms with Crippen LogP contribution in [0.15, 0.2) is 72.9 Å².